The second-order valence-electron chi connectivity index (χ2n) is 3.94. The first kappa shape index (κ1) is 14.5. The largest absolute Gasteiger partial charge is 0.495 e. The van der Waals surface area contributed by atoms with Crippen LogP contribution < -0.4 is 10.1 Å². The van der Waals surface area contributed by atoms with Crippen molar-refractivity contribution in [1.29, 1.82) is 0 Å². The van der Waals surface area contributed by atoms with E-state index in [1.165, 1.54) is 0 Å². The van der Waals surface area contributed by atoms with Gasteiger partial charge in [0.2, 0.25) is 0 Å². The lowest BCUT2D eigenvalue weighted by Crippen LogP contribution is -2.00. The zero-order valence-electron chi connectivity index (χ0n) is 10.2. The van der Waals surface area contributed by atoms with Crippen LogP contribution in [0.5, 0.6) is 5.75 Å². The van der Waals surface area contributed by atoms with E-state index in [1.54, 1.807) is 7.11 Å². The van der Waals surface area contributed by atoms with Gasteiger partial charge in [0.25, 0.3) is 0 Å². The number of benzene rings is 2. The van der Waals surface area contributed by atoms with E-state index >= 15 is 0 Å². The van der Waals surface area contributed by atoms with Crippen LogP contribution in [-0.4, -0.2) is 7.11 Å². The summed E-state index contributed by atoms with van der Waals surface area (Å²) in [6.07, 6.45) is 0. The topological polar surface area (TPSA) is 21.3 Å². The molecule has 0 aliphatic carbocycles. The Hall–Kier alpha value is -0.900. The third-order valence-corrected chi connectivity index (χ3v) is 3.92. The highest BCUT2D eigenvalue weighted by Gasteiger charge is 2.03. The smallest absolute Gasteiger partial charge is 0.137 e. The van der Waals surface area contributed by atoms with Gasteiger partial charge < -0.3 is 10.1 Å². The highest BCUT2D eigenvalue weighted by Crippen LogP contribution is 2.28. The molecule has 2 aromatic carbocycles. The van der Waals surface area contributed by atoms with E-state index in [9.17, 15) is 0 Å². The minimum absolute atomic E-state index is 0.586. The van der Waals surface area contributed by atoms with Crippen molar-refractivity contribution >= 4 is 44.8 Å². The summed E-state index contributed by atoms with van der Waals surface area (Å²) >= 11 is 15.5. The molecular formula is C14H12BrCl2NO. The van der Waals surface area contributed by atoms with Crippen molar-refractivity contribution in [2.24, 2.45) is 0 Å². The molecule has 0 aromatic heterocycles. The fourth-order valence-electron chi connectivity index (χ4n) is 1.64. The number of ether oxygens (including phenoxy) is 1. The Balaban J connectivity index is 2.08. The summed E-state index contributed by atoms with van der Waals surface area (Å²) in [4.78, 5) is 0. The van der Waals surface area contributed by atoms with Crippen LogP contribution in [0.15, 0.2) is 40.9 Å². The average molecular weight is 361 g/mol. The lowest BCUT2D eigenvalue weighted by atomic mass is 10.2. The molecule has 0 atom stereocenters. The maximum absolute atomic E-state index is 6.07. The van der Waals surface area contributed by atoms with Gasteiger partial charge in [-0.3, -0.25) is 0 Å². The second-order valence-corrected chi connectivity index (χ2v) is 5.64. The van der Waals surface area contributed by atoms with Gasteiger partial charge in [0.05, 0.1) is 12.1 Å². The molecule has 0 aliphatic rings. The van der Waals surface area contributed by atoms with Crippen molar-refractivity contribution in [2.75, 3.05) is 12.4 Å². The van der Waals surface area contributed by atoms with E-state index in [2.05, 4.69) is 21.2 Å². The SMILES string of the molecule is COc1ccc(NCc2ccc(Cl)cc2Br)cc1Cl. The minimum Gasteiger partial charge on any atom is -0.495 e. The first-order chi connectivity index (χ1) is 9.10. The summed E-state index contributed by atoms with van der Waals surface area (Å²) in [5, 5.41) is 4.60. The molecule has 1 N–H and O–H groups in total. The van der Waals surface area contributed by atoms with Crippen LogP contribution in [0.4, 0.5) is 5.69 Å². The molecule has 0 saturated carbocycles. The fraction of sp³-hybridized carbons (Fsp3) is 0.143. The molecule has 0 fully saturated rings. The normalized spacial score (nSPS) is 10.3. The molecule has 0 radical (unpaired) electrons. The van der Waals surface area contributed by atoms with E-state index in [0.717, 1.165) is 15.7 Å². The first-order valence-corrected chi connectivity index (χ1v) is 7.16. The molecule has 2 aromatic rings. The van der Waals surface area contributed by atoms with Crippen LogP contribution in [0.2, 0.25) is 10.0 Å². The number of nitrogens with one attached hydrogen (secondary N) is 1. The number of halogens is 3. The first-order valence-electron chi connectivity index (χ1n) is 5.61. The molecule has 2 rings (SSSR count). The van der Waals surface area contributed by atoms with Crippen molar-refractivity contribution in [3.63, 3.8) is 0 Å². The molecule has 5 heteroatoms. The monoisotopic (exact) mass is 359 g/mol. The van der Waals surface area contributed by atoms with Crippen LogP contribution in [0, 0.1) is 0 Å². The van der Waals surface area contributed by atoms with Gasteiger partial charge in [-0.1, -0.05) is 45.2 Å². The van der Waals surface area contributed by atoms with Crippen LogP contribution in [-0.2, 0) is 6.54 Å². The Morgan fingerprint density at radius 3 is 2.58 bits per heavy atom. The number of hydrogen-bond acceptors (Lipinski definition) is 2. The number of methoxy groups -OCH3 is 1. The van der Waals surface area contributed by atoms with Crippen molar-refractivity contribution in [3.05, 3.63) is 56.5 Å². The predicted molar refractivity (Wildman–Crippen MR) is 84.5 cm³/mol. The van der Waals surface area contributed by atoms with E-state index in [4.69, 9.17) is 27.9 Å². The highest BCUT2D eigenvalue weighted by atomic mass is 79.9. The molecule has 2 nitrogen and oxygen atoms in total. The molecule has 19 heavy (non-hydrogen) atoms. The van der Waals surface area contributed by atoms with Crippen molar-refractivity contribution in [2.45, 2.75) is 6.54 Å². The Labute approximate surface area is 130 Å². The van der Waals surface area contributed by atoms with E-state index in [0.29, 0.717) is 22.3 Å². The third kappa shape index (κ3) is 3.78. The average Bonchev–Trinajstić information content (AvgIpc) is 2.38. The van der Waals surface area contributed by atoms with E-state index in [1.807, 2.05) is 36.4 Å². The van der Waals surface area contributed by atoms with Crippen molar-refractivity contribution in [3.8, 4) is 5.75 Å². The van der Waals surface area contributed by atoms with E-state index in [-0.39, 0.29) is 0 Å². The van der Waals surface area contributed by atoms with Gasteiger partial charge in [0.15, 0.2) is 0 Å². The fourth-order valence-corrected chi connectivity index (χ4v) is 2.72. The second kappa shape index (κ2) is 6.51. The summed E-state index contributed by atoms with van der Waals surface area (Å²) in [5.41, 5.74) is 2.06. The Bertz CT molecular complexity index is 590. The molecular weight excluding hydrogens is 349 g/mol. The van der Waals surface area contributed by atoms with Crippen LogP contribution in [0.1, 0.15) is 5.56 Å². The van der Waals surface area contributed by atoms with Crippen molar-refractivity contribution in [1.82, 2.24) is 0 Å². The quantitative estimate of drug-likeness (QED) is 0.790. The van der Waals surface area contributed by atoms with Gasteiger partial charge in [0, 0.05) is 21.7 Å². The Morgan fingerprint density at radius 2 is 1.95 bits per heavy atom. The summed E-state index contributed by atoms with van der Waals surface area (Å²) in [6.45, 7) is 0.681. The van der Waals surface area contributed by atoms with Crippen LogP contribution >= 0.6 is 39.1 Å². The summed E-state index contributed by atoms with van der Waals surface area (Å²) in [5.74, 6) is 0.667. The van der Waals surface area contributed by atoms with E-state index < -0.39 is 0 Å². The molecule has 0 amide bonds. The minimum atomic E-state index is 0.586. The number of anilines is 1. The van der Waals surface area contributed by atoms with Gasteiger partial charge in [-0.05, 0) is 35.9 Å². The maximum atomic E-state index is 6.07. The predicted octanol–water partition coefficient (Wildman–Crippen LogP) is 5.38. The summed E-state index contributed by atoms with van der Waals surface area (Å²) in [7, 11) is 1.60. The lowest BCUT2D eigenvalue weighted by molar-refractivity contribution is 0.415. The van der Waals surface area contributed by atoms with Gasteiger partial charge >= 0.3 is 0 Å². The molecule has 0 heterocycles. The zero-order valence-corrected chi connectivity index (χ0v) is 13.3. The number of rotatable bonds is 4. The number of hydrogen-bond donors (Lipinski definition) is 1. The molecule has 100 valence electrons. The molecule has 0 saturated heterocycles. The highest BCUT2D eigenvalue weighted by molar-refractivity contribution is 9.10. The Morgan fingerprint density at radius 1 is 1.16 bits per heavy atom. The van der Waals surface area contributed by atoms with Crippen LogP contribution in [0.25, 0.3) is 0 Å². The maximum Gasteiger partial charge on any atom is 0.137 e. The zero-order chi connectivity index (χ0) is 13.8. The van der Waals surface area contributed by atoms with Crippen LogP contribution in [0.3, 0.4) is 0 Å². The third-order valence-electron chi connectivity index (χ3n) is 2.65. The molecule has 0 unspecified atom stereocenters. The lowest BCUT2D eigenvalue weighted by Gasteiger charge is -2.10. The Kier molecular flexibility index (Phi) is 4.97. The van der Waals surface area contributed by atoms with Gasteiger partial charge in [-0.15, -0.1) is 0 Å². The van der Waals surface area contributed by atoms with Crippen molar-refractivity contribution < 1.29 is 4.74 Å². The molecule has 0 aliphatic heterocycles. The summed E-state index contributed by atoms with van der Waals surface area (Å²) in [6, 6.07) is 11.3. The molecule has 0 bridgehead atoms. The van der Waals surface area contributed by atoms with Gasteiger partial charge in [-0.25, -0.2) is 0 Å². The molecule has 0 spiro atoms. The van der Waals surface area contributed by atoms with Gasteiger partial charge in [-0.2, -0.15) is 0 Å². The van der Waals surface area contributed by atoms with Gasteiger partial charge in [0.1, 0.15) is 5.75 Å². The summed E-state index contributed by atoms with van der Waals surface area (Å²) < 4.78 is 6.09. The standard InChI is InChI=1S/C14H12BrCl2NO/c1-19-14-5-4-11(7-13(14)17)18-8-9-2-3-10(16)6-12(9)15/h2-7,18H,8H2,1H3.